The van der Waals surface area contributed by atoms with Crippen molar-refractivity contribution < 1.29 is 0 Å². The molecule has 0 bridgehead atoms. The number of nitrogens with zero attached hydrogens (tertiary/aromatic N) is 2. The van der Waals surface area contributed by atoms with E-state index in [-0.39, 0.29) is 0 Å². The summed E-state index contributed by atoms with van der Waals surface area (Å²) in [6.07, 6.45) is 4.27. The summed E-state index contributed by atoms with van der Waals surface area (Å²) >= 11 is 0. The molecule has 0 spiro atoms. The quantitative estimate of drug-likeness (QED) is 0.401. The molecule has 0 unspecified atom stereocenters. The predicted molar refractivity (Wildman–Crippen MR) is 64.3 cm³/mol. The summed E-state index contributed by atoms with van der Waals surface area (Å²) in [5.41, 5.74) is 5.32. The number of hydrogen-bond donors (Lipinski definition) is 2. The molecule has 1 rings (SSSR count). The molecule has 0 atom stereocenters. The van der Waals surface area contributed by atoms with Gasteiger partial charge in [0.15, 0.2) is 0 Å². The van der Waals surface area contributed by atoms with E-state index in [2.05, 4.69) is 16.8 Å². The predicted octanol–water partition coefficient (Wildman–Crippen LogP) is 0.730. The highest BCUT2D eigenvalue weighted by atomic mass is 15.2. The van der Waals surface area contributed by atoms with Gasteiger partial charge in [0.05, 0.1) is 5.84 Å². The van der Waals surface area contributed by atoms with Crippen LogP contribution in [0, 0.1) is 5.41 Å². The highest BCUT2D eigenvalue weighted by Crippen LogP contribution is 2.04. The molecule has 3 N–H and O–H groups in total. The Labute approximate surface area is 92.9 Å². The van der Waals surface area contributed by atoms with Crippen LogP contribution in [0.5, 0.6) is 0 Å². The Bertz CT molecular complexity index is 193. The van der Waals surface area contributed by atoms with Gasteiger partial charge >= 0.3 is 0 Å². The van der Waals surface area contributed by atoms with E-state index < -0.39 is 0 Å². The molecule has 0 aromatic rings. The molecule has 1 aliphatic heterocycles. The Morgan fingerprint density at radius 1 is 1.20 bits per heavy atom. The third kappa shape index (κ3) is 5.74. The molecule has 1 heterocycles. The summed E-state index contributed by atoms with van der Waals surface area (Å²) in [6.45, 7) is 6.00. The fourth-order valence-corrected chi connectivity index (χ4v) is 1.97. The highest BCUT2D eigenvalue weighted by molar-refractivity contribution is 5.76. The summed E-state index contributed by atoms with van der Waals surface area (Å²) in [5.74, 6) is 0.325. The summed E-state index contributed by atoms with van der Waals surface area (Å²) in [7, 11) is 2.19. The third-order valence-electron chi connectivity index (χ3n) is 2.98. The van der Waals surface area contributed by atoms with Crippen LogP contribution in [-0.2, 0) is 0 Å². The van der Waals surface area contributed by atoms with E-state index in [0.717, 1.165) is 12.8 Å². The maximum absolute atomic E-state index is 7.14. The average molecular weight is 212 g/mol. The van der Waals surface area contributed by atoms with Gasteiger partial charge in [0.1, 0.15) is 0 Å². The van der Waals surface area contributed by atoms with Crippen molar-refractivity contribution in [3.63, 3.8) is 0 Å². The molecule has 4 nitrogen and oxygen atoms in total. The Morgan fingerprint density at radius 2 is 2.00 bits per heavy atom. The molecular formula is C11H24N4. The number of nitrogens with one attached hydrogen (secondary N) is 1. The molecule has 0 radical (unpaired) electrons. The number of amidine groups is 1. The van der Waals surface area contributed by atoms with Crippen molar-refractivity contribution in [3.8, 4) is 0 Å². The Kier molecular flexibility index (Phi) is 5.65. The van der Waals surface area contributed by atoms with E-state index in [0.29, 0.717) is 5.84 Å². The standard InChI is InChI=1S/C11H24N4/c1-14-6-4-8-15(10-9-14)7-3-2-5-11(12)13/h2-10H2,1H3,(H3,12,13). The Hall–Kier alpha value is -0.610. The summed E-state index contributed by atoms with van der Waals surface area (Å²) < 4.78 is 0. The van der Waals surface area contributed by atoms with Gasteiger partial charge in [-0.3, -0.25) is 5.41 Å². The van der Waals surface area contributed by atoms with Gasteiger partial charge in [0.2, 0.25) is 0 Å². The molecule has 88 valence electrons. The van der Waals surface area contributed by atoms with Crippen LogP contribution in [0.2, 0.25) is 0 Å². The monoisotopic (exact) mass is 212 g/mol. The molecule has 0 amide bonds. The third-order valence-corrected chi connectivity index (χ3v) is 2.98. The van der Waals surface area contributed by atoms with E-state index in [9.17, 15) is 0 Å². The minimum Gasteiger partial charge on any atom is -0.388 e. The van der Waals surface area contributed by atoms with E-state index in [1.807, 2.05) is 0 Å². The van der Waals surface area contributed by atoms with Crippen molar-refractivity contribution in [1.29, 1.82) is 5.41 Å². The van der Waals surface area contributed by atoms with E-state index in [1.54, 1.807) is 0 Å². The van der Waals surface area contributed by atoms with Crippen LogP contribution >= 0.6 is 0 Å². The van der Waals surface area contributed by atoms with Crippen LogP contribution < -0.4 is 5.73 Å². The van der Waals surface area contributed by atoms with Gasteiger partial charge in [0, 0.05) is 19.5 Å². The fourth-order valence-electron chi connectivity index (χ4n) is 1.97. The summed E-state index contributed by atoms with van der Waals surface area (Å²) in [5, 5.41) is 7.14. The average Bonchev–Trinajstić information content (AvgIpc) is 2.38. The topological polar surface area (TPSA) is 56.4 Å². The minimum absolute atomic E-state index is 0.325. The van der Waals surface area contributed by atoms with Crippen LogP contribution in [0.3, 0.4) is 0 Å². The van der Waals surface area contributed by atoms with Crippen LogP contribution in [0.25, 0.3) is 0 Å². The molecule has 4 heteroatoms. The first-order chi connectivity index (χ1) is 7.18. The molecule has 0 aromatic heterocycles. The minimum atomic E-state index is 0.325. The van der Waals surface area contributed by atoms with Gasteiger partial charge in [-0.05, 0) is 45.9 Å². The van der Waals surface area contributed by atoms with Crippen molar-refractivity contribution in [2.24, 2.45) is 5.73 Å². The van der Waals surface area contributed by atoms with Crippen molar-refractivity contribution in [1.82, 2.24) is 9.80 Å². The molecule has 1 fully saturated rings. The van der Waals surface area contributed by atoms with Crippen molar-refractivity contribution in [2.45, 2.75) is 25.7 Å². The van der Waals surface area contributed by atoms with Gasteiger partial charge in [-0.25, -0.2) is 0 Å². The Balaban J connectivity index is 2.07. The number of likely N-dealkylation sites (N-methyl/N-ethyl adjacent to an activating group) is 1. The molecule has 0 aliphatic carbocycles. The second kappa shape index (κ2) is 6.80. The largest absolute Gasteiger partial charge is 0.388 e. The highest BCUT2D eigenvalue weighted by Gasteiger charge is 2.10. The van der Waals surface area contributed by atoms with Gasteiger partial charge in [-0.1, -0.05) is 0 Å². The van der Waals surface area contributed by atoms with E-state index in [4.69, 9.17) is 11.1 Å². The molecule has 0 saturated carbocycles. The summed E-state index contributed by atoms with van der Waals surface area (Å²) in [6, 6.07) is 0. The zero-order valence-electron chi connectivity index (χ0n) is 9.84. The molecule has 15 heavy (non-hydrogen) atoms. The first-order valence-corrected chi connectivity index (χ1v) is 5.92. The molecule has 1 saturated heterocycles. The van der Waals surface area contributed by atoms with Gasteiger partial charge in [0.25, 0.3) is 0 Å². The number of hydrogen-bond acceptors (Lipinski definition) is 3. The lowest BCUT2D eigenvalue weighted by molar-refractivity contribution is 0.272. The number of rotatable bonds is 5. The Morgan fingerprint density at radius 3 is 2.73 bits per heavy atom. The lowest BCUT2D eigenvalue weighted by atomic mass is 10.2. The van der Waals surface area contributed by atoms with E-state index in [1.165, 1.54) is 45.6 Å². The second-order valence-corrected chi connectivity index (χ2v) is 4.48. The maximum atomic E-state index is 7.14. The maximum Gasteiger partial charge on any atom is 0.0905 e. The van der Waals surface area contributed by atoms with Crippen LogP contribution in [-0.4, -0.2) is 55.4 Å². The van der Waals surface area contributed by atoms with Crippen molar-refractivity contribution >= 4 is 5.84 Å². The zero-order chi connectivity index (χ0) is 11.1. The first-order valence-electron chi connectivity index (χ1n) is 5.92. The lowest BCUT2D eigenvalue weighted by Crippen LogP contribution is -2.29. The second-order valence-electron chi connectivity index (χ2n) is 4.48. The fraction of sp³-hybridized carbons (Fsp3) is 0.909. The molecule has 0 aromatic carbocycles. The first kappa shape index (κ1) is 12.5. The van der Waals surface area contributed by atoms with Crippen LogP contribution in [0.15, 0.2) is 0 Å². The smallest absolute Gasteiger partial charge is 0.0905 e. The van der Waals surface area contributed by atoms with Crippen molar-refractivity contribution in [3.05, 3.63) is 0 Å². The van der Waals surface area contributed by atoms with Gasteiger partial charge in [-0.2, -0.15) is 0 Å². The summed E-state index contributed by atoms with van der Waals surface area (Å²) in [4.78, 5) is 4.93. The molecule has 1 aliphatic rings. The normalized spacial score (nSPS) is 20.1. The lowest BCUT2D eigenvalue weighted by Gasteiger charge is -2.19. The van der Waals surface area contributed by atoms with Crippen LogP contribution in [0.4, 0.5) is 0 Å². The molecular weight excluding hydrogens is 188 g/mol. The van der Waals surface area contributed by atoms with Crippen molar-refractivity contribution in [2.75, 3.05) is 39.8 Å². The van der Waals surface area contributed by atoms with Gasteiger partial charge in [-0.15, -0.1) is 0 Å². The number of nitrogens with two attached hydrogens (primary N) is 1. The SMILES string of the molecule is CN1CCCN(CCCCC(=N)N)CC1. The van der Waals surface area contributed by atoms with Gasteiger partial charge < -0.3 is 15.5 Å². The number of unbranched alkanes of at least 4 members (excludes halogenated alkanes) is 1. The zero-order valence-corrected chi connectivity index (χ0v) is 9.84. The van der Waals surface area contributed by atoms with E-state index >= 15 is 0 Å². The van der Waals surface area contributed by atoms with Crippen LogP contribution in [0.1, 0.15) is 25.7 Å².